The predicted molar refractivity (Wildman–Crippen MR) is 63.3 cm³/mol. The monoisotopic (exact) mass is 262 g/mol. The van der Waals surface area contributed by atoms with Gasteiger partial charge < -0.3 is 4.74 Å². The third kappa shape index (κ3) is 4.34. The molecule has 0 aliphatic carbocycles. The highest BCUT2D eigenvalue weighted by atomic mass is 32.2. The second-order valence-electron chi connectivity index (χ2n) is 3.69. The maximum Gasteiger partial charge on any atom is 0.573 e. The van der Waals surface area contributed by atoms with Crippen LogP contribution in [0.4, 0.5) is 13.2 Å². The Kier molecular flexibility index (Phi) is 4.51. The van der Waals surface area contributed by atoms with Crippen LogP contribution in [0.25, 0.3) is 0 Å². The van der Waals surface area contributed by atoms with Crippen LogP contribution >= 0.6 is 11.8 Å². The van der Waals surface area contributed by atoms with Crippen molar-refractivity contribution in [3.8, 4) is 5.75 Å². The van der Waals surface area contributed by atoms with E-state index in [1.807, 2.05) is 13.8 Å². The zero-order valence-corrected chi connectivity index (χ0v) is 10.4. The third-order valence-electron chi connectivity index (χ3n) is 2.07. The summed E-state index contributed by atoms with van der Waals surface area (Å²) in [6, 6.07) is 4.83. The highest BCUT2D eigenvalue weighted by Crippen LogP contribution is 2.35. The number of benzene rings is 1. The summed E-state index contributed by atoms with van der Waals surface area (Å²) in [5.41, 5.74) is 0.803. The first-order chi connectivity index (χ1) is 7.83. The molecule has 94 valence electrons. The molecule has 0 fully saturated rings. The molecule has 0 radical (unpaired) electrons. The second kappa shape index (κ2) is 5.49. The van der Waals surface area contributed by atoms with Crippen molar-refractivity contribution in [3.05, 3.63) is 35.7 Å². The molecule has 0 aliphatic rings. The molecule has 0 bridgehead atoms. The Labute approximate surface area is 103 Å². The number of thioether (sulfide) groups is 1. The summed E-state index contributed by atoms with van der Waals surface area (Å²) in [5.74, 6) is -0.0260. The van der Waals surface area contributed by atoms with Gasteiger partial charge in [0.05, 0.1) is 4.90 Å². The molecule has 0 amide bonds. The van der Waals surface area contributed by atoms with Crippen LogP contribution in [0.1, 0.15) is 25.3 Å². The number of ether oxygens (including phenoxy) is 1. The number of rotatable bonds is 4. The lowest BCUT2D eigenvalue weighted by Gasteiger charge is -2.14. The Bertz CT molecular complexity index is 399. The molecule has 0 aromatic heterocycles. The van der Waals surface area contributed by atoms with Crippen LogP contribution in [0.3, 0.4) is 0 Å². The summed E-state index contributed by atoms with van der Waals surface area (Å²) in [4.78, 5) is 0.404. The van der Waals surface area contributed by atoms with E-state index in [1.54, 1.807) is 12.1 Å². The summed E-state index contributed by atoms with van der Waals surface area (Å²) >= 11 is 1.10. The van der Waals surface area contributed by atoms with Crippen molar-refractivity contribution in [1.82, 2.24) is 0 Å². The van der Waals surface area contributed by atoms with E-state index >= 15 is 0 Å². The van der Waals surface area contributed by atoms with Crippen LogP contribution in [0.2, 0.25) is 0 Å². The van der Waals surface area contributed by atoms with E-state index in [1.165, 1.54) is 11.5 Å². The Hall–Kier alpha value is -1.10. The van der Waals surface area contributed by atoms with E-state index in [-0.39, 0.29) is 11.7 Å². The molecule has 17 heavy (non-hydrogen) atoms. The summed E-state index contributed by atoms with van der Waals surface area (Å²) in [6.07, 6.45) is -4.67. The van der Waals surface area contributed by atoms with Gasteiger partial charge in [0.25, 0.3) is 0 Å². The van der Waals surface area contributed by atoms with Gasteiger partial charge in [-0.05, 0) is 29.0 Å². The van der Waals surface area contributed by atoms with Crippen molar-refractivity contribution in [2.24, 2.45) is 0 Å². The van der Waals surface area contributed by atoms with Gasteiger partial charge in [-0.1, -0.05) is 38.3 Å². The first-order valence-corrected chi connectivity index (χ1v) is 5.88. The number of hydrogen-bond donors (Lipinski definition) is 0. The molecule has 1 aromatic carbocycles. The quantitative estimate of drug-likeness (QED) is 0.710. The number of halogens is 3. The van der Waals surface area contributed by atoms with Gasteiger partial charge in [-0.2, -0.15) is 0 Å². The maximum atomic E-state index is 12.2. The van der Waals surface area contributed by atoms with E-state index in [2.05, 4.69) is 11.3 Å². The second-order valence-corrected chi connectivity index (χ2v) is 4.70. The van der Waals surface area contributed by atoms with Gasteiger partial charge in [-0.25, -0.2) is 0 Å². The Morgan fingerprint density at radius 2 is 2.00 bits per heavy atom. The molecule has 0 saturated carbocycles. The van der Waals surface area contributed by atoms with Gasteiger partial charge in [0.1, 0.15) is 5.75 Å². The van der Waals surface area contributed by atoms with Gasteiger partial charge >= 0.3 is 6.36 Å². The molecule has 0 saturated heterocycles. The van der Waals surface area contributed by atoms with Crippen LogP contribution in [0.15, 0.2) is 35.1 Å². The summed E-state index contributed by atoms with van der Waals surface area (Å²) in [7, 11) is 0. The lowest BCUT2D eigenvalue weighted by atomic mass is 10.0. The van der Waals surface area contributed by atoms with Gasteiger partial charge in [0, 0.05) is 0 Å². The van der Waals surface area contributed by atoms with Crippen molar-refractivity contribution in [3.63, 3.8) is 0 Å². The lowest BCUT2D eigenvalue weighted by Crippen LogP contribution is -2.17. The lowest BCUT2D eigenvalue weighted by molar-refractivity contribution is -0.275. The summed E-state index contributed by atoms with van der Waals surface area (Å²) < 4.78 is 40.7. The first-order valence-electron chi connectivity index (χ1n) is 5.00. The Morgan fingerprint density at radius 3 is 2.47 bits per heavy atom. The van der Waals surface area contributed by atoms with Crippen LogP contribution in [-0.4, -0.2) is 6.36 Å². The number of hydrogen-bond acceptors (Lipinski definition) is 2. The van der Waals surface area contributed by atoms with Crippen molar-refractivity contribution in [2.45, 2.75) is 31.0 Å². The normalized spacial score (nSPS) is 11.6. The Balaban J connectivity index is 3.11. The van der Waals surface area contributed by atoms with Crippen molar-refractivity contribution in [1.29, 1.82) is 0 Å². The average Bonchev–Trinajstić information content (AvgIpc) is 2.18. The van der Waals surface area contributed by atoms with Crippen molar-refractivity contribution >= 4 is 11.8 Å². The minimum atomic E-state index is -4.67. The first kappa shape index (κ1) is 14.0. The summed E-state index contributed by atoms with van der Waals surface area (Å²) in [6.45, 7) is 7.30. The maximum absolute atomic E-state index is 12.2. The zero-order chi connectivity index (χ0) is 13.1. The molecular formula is C12H13F3OS. The van der Waals surface area contributed by atoms with Gasteiger partial charge in [0.15, 0.2) is 0 Å². The van der Waals surface area contributed by atoms with E-state index in [4.69, 9.17) is 0 Å². The molecule has 0 unspecified atom stereocenters. The SMILES string of the molecule is C=CSc1ccc(C(C)C)cc1OC(F)(F)F. The van der Waals surface area contributed by atoms with Crippen molar-refractivity contribution < 1.29 is 17.9 Å². The van der Waals surface area contributed by atoms with Crippen LogP contribution in [-0.2, 0) is 0 Å². The van der Waals surface area contributed by atoms with Crippen LogP contribution in [0, 0.1) is 0 Å². The minimum Gasteiger partial charge on any atom is -0.405 e. The van der Waals surface area contributed by atoms with Gasteiger partial charge in [-0.3, -0.25) is 0 Å². The largest absolute Gasteiger partial charge is 0.573 e. The standard InChI is InChI=1S/C12H13F3OS/c1-4-17-11-6-5-9(8(2)3)7-10(11)16-12(13,14)15/h4-8H,1H2,2-3H3. The minimum absolute atomic E-state index is 0.147. The molecule has 0 N–H and O–H groups in total. The molecule has 1 rings (SSSR count). The smallest absolute Gasteiger partial charge is 0.405 e. The van der Waals surface area contributed by atoms with E-state index in [0.717, 1.165) is 17.3 Å². The zero-order valence-electron chi connectivity index (χ0n) is 9.54. The average molecular weight is 262 g/mol. The van der Waals surface area contributed by atoms with E-state index < -0.39 is 6.36 Å². The molecule has 5 heteroatoms. The van der Waals surface area contributed by atoms with Crippen LogP contribution < -0.4 is 4.74 Å². The molecule has 0 aliphatic heterocycles. The molecular weight excluding hydrogens is 249 g/mol. The van der Waals surface area contributed by atoms with Crippen molar-refractivity contribution in [2.75, 3.05) is 0 Å². The molecule has 0 atom stereocenters. The predicted octanol–water partition coefficient (Wildman–Crippen LogP) is 4.94. The van der Waals surface area contributed by atoms with Gasteiger partial charge in [0.2, 0.25) is 0 Å². The topological polar surface area (TPSA) is 9.23 Å². The van der Waals surface area contributed by atoms with Gasteiger partial charge in [-0.15, -0.1) is 13.2 Å². The van der Waals surface area contributed by atoms with E-state index in [0.29, 0.717) is 4.90 Å². The fourth-order valence-corrected chi connectivity index (χ4v) is 1.82. The highest BCUT2D eigenvalue weighted by molar-refractivity contribution is 8.02. The Morgan fingerprint density at radius 1 is 1.35 bits per heavy atom. The molecule has 0 spiro atoms. The van der Waals surface area contributed by atoms with E-state index in [9.17, 15) is 13.2 Å². The summed E-state index contributed by atoms with van der Waals surface area (Å²) in [5, 5.41) is 1.47. The molecule has 1 aromatic rings. The van der Waals surface area contributed by atoms with Crippen LogP contribution in [0.5, 0.6) is 5.75 Å². The molecule has 0 heterocycles. The highest BCUT2D eigenvalue weighted by Gasteiger charge is 2.32. The third-order valence-corrected chi connectivity index (χ3v) is 2.83. The fourth-order valence-electron chi connectivity index (χ4n) is 1.28. The number of alkyl halides is 3. The molecule has 1 nitrogen and oxygen atoms in total. The fraction of sp³-hybridized carbons (Fsp3) is 0.333.